The van der Waals surface area contributed by atoms with Crippen molar-refractivity contribution in [2.75, 3.05) is 11.9 Å². The molecule has 4 rings (SSSR count). The number of rotatable bonds is 2. The van der Waals surface area contributed by atoms with E-state index < -0.39 is 11.7 Å². The molecular formula is C26H18FNO2. The molecule has 0 unspecified atom stereocenters. The third kappa shape index (κ3) is 3.92. The zero-order valence-corrected chi connectivity index (χ0v) is 16.4. The van der Waals surface area contributed by atoms with Gasteiger partial charge >= 0.3 is 0 Å². The Morgan fingerprint density at radius 1 is 0.967 bits per heavy atom. The number of nitrogens with zero attached hydrogens (tertiary/aromatic N) is 1. The first-order valence-corrected chi connectivity index (χ1v) is 9.50. The number of ketones is 1. The van der Waals surface area contributed by atoms with Crippen molar-refractivity contribution in [1.82, 2.24) is 0 Å². The molecule has 0 atom stereocenters. The van der Waals surface area contributed by atoms with Gasteiger partial charge < -0.3 is 4.90 Å². The van der Waals surface area contributed by atoms with E-state index in [1.807, 2.05) is 30.3 Å². The number of carbonyl (C=O) groups is 2. The van der Waals surface area contributed by atoms with Crippen LogP contribution in [0.25, 0.3) is 6.08 Å². The number of benzene rings is 3. The molecule has 1 aliphatic heterocycles. The van der Waals surface area contributed by atoms with E-state index in [0.717, 1.165) is 5.56 Å². The summed E-state index contributed by atoms with van der Waals surface area (Å²) in [5.41, 5.74) is 3.23. The van der Waals surface area contributed by atoms with E-state index >= 15 is 0 Å². The minimum Gasteiger partial charge on any atom is -0.311 e. The smallest absolute Gasteiger partial charge is 0.262 e. The molecule has 3 nitrogen and oxygen atoms in total. The summed E-state index contributed by atoms with van der Waals surface area (Å²) >= 11 is 0. The van der Waals surface area contributed by atoms with Crippen molar-refractivity contribution in [2.24, 2.45) is 0 Å². The molecule has 146 valence electrons. The summed E-state index contributed by atoms with van der Waals surface area (Å²) in [4.78, 5) is 27.2. The van der Waals surface area contributed by atoms with Crippen LogP contribution in [-0.4, -0.2) is 18.7 Å². The number of Topliss-reactive ketones (excluding diaryl/α,β-unsaturated/α-hetero) is 1. The van der Waals surface area contributed by atoms with Gasteiger partial charge in [0, 0.05) is 24.6 Å². The van der Waals surface area contributed by atoms with Crippen LogP contribution in [0.5, 0.6) is 0 Å². The van der Waals surface area contributed by atoms with Crippen molar-refractivity contribution in [3.8, 4) is 11.8 Å². The second kappa shape index (κ2) is 8.18. The normalized spacial score (nSPS) is 14.3. The van der Waals surface area contributed by atoms with Crippen LogP contribution >= 0.6 is 0 Å². The van der Waals surface area contributed by atoms with Gasteiger partial charge in [-0.1, -0.05) is 54.3 Å². The topological polar surface area (TPSA) is 37.4 Å². The second-order valence-corrected chi connectivity index (χ2v) is 7.00. The molecule has 0 N–H and O–H groups in total. The monoisotopic (exact) mass is 395 g/mol. The van der Waals surface area contributed by atoms with Gasteiger partial charge in [-0.05, 0) is 47.5 Å². The number of hydrogen-bond donors (Lipinski definition) is 0. The fraction of sp³-hybridized carbons (Fsp3) is 0.0769. The van der Waals surface area contributed by atoms with Crippen molar-refractivity contribution in [3.63, 3.8) is 0 Å². The number of amides is 1. The van der Waals surface area contributed by atoms with Crippen LogP contribution in [0, 0.1) is 17.7 Å². The van der Waals surface area contributed by atoms with Crippen LogP contribution in [0.1, 0.15) is 27.0 Å². The van der Waals surface area contributed by atoms with E-state index in [0.29, 0.717) is 28.8 Å². The molecule has 0 aliphatic carbocycles. The maximum Gasteiger partial charge on any atom is 0.262 e. The molecule has 30 heavy (non-hydrogen) atoms. The molecule has 1 heterocycles. The number of halogens is 1. The molecular weight excluding hydrogens is 377 g/mol. The average Bonchev–Trinajstić information content (AvgIpc) is 2.76. The zero-order valence-electron chi connectivity index (χ0n) is 16.4. The fourth-order valence-electron chi connectivity index (χ4n) is 3.35. The predicted octanol–water partition coefficient (Wildman–Crippen LogP) is 4.66. The lowest BCUT2D eigenvalue weighted by atomic mass is 9.92. The van der Waals surface area contributed by atoms with E-state index in [-0.39, 0.29) is 11.4 Å². The lowest BCUT2D eigenvalue weighted by Crippen LogP contribution is -2.36. The molecule has 0 bridgehead atoms. The van der Waals surface area contributed by atoms with Gasteiger partial charge in [-0.25, -0.2) is 4.39 Å². The molecule has 3 aromatic rings. The summed E-state index contributed by atoms with van der Waals surface area (Å²) in [7, 11) is 1.62. The number of fused-ring (bicyclic) bond motifs is 1. The van der Waals surface area contributed by atoms with Gasteiger partial charge in [0.15, 0.2) is 0 Å². The van der Waals surface area contributed by atoms with E-state index in [4.69, 9.17) is 0 Å². The largest absolute Gasteiger partial charge is 0.311 e. The third-order valence-corrected chi connectivity index (χ3v) is 4.91. The zero-order chi connectivity index (χ0) is 21.1. The van der Waals surface area contributed by atoms with Crippen LogP contribution in [0.15, 0.2) is 78.4 Å². The van der Waals surface area contributed by atoms with E-state index in [2.05, 4.69) is 11.8 Å². The molecule has 0 spiro atoms. The fourth-order valence-corrected chi connectivity index (χ4v) is 3.35. The van der Waals surface area contributed by atoms with Crippen molar-refractivity contribution >= 4 is 23.5 Å². The van der Waals surface area contributed by atoms with Crippen molar-refractivity contribution < 1.29 is 14.0 Å². The Kier molecular flexibility index (Phi) is 5.28. The molecule has 0 aromatic heterocycles. The highest BCUT2D eigenvalue weighted by atomic mass is 19.1. The Hall–Kier alpha value is -3.97. The van der Waals surface area contributed by atoms with E-state index in [1.165, 1.54) is 29.2 Å². The highest BCUT2D eigenvalue weighted by Gasteiger charge is 2.32. The molecule has 4 heteroatoms. The lowest BCUT2D eigenvalue weighted by molar-refractivity contribution is -0.114. The van der Waals surface area contributed by atoms with Gasteiger partial charge in [-0.2, -0.15) is 0 Å². The first-order valence-electron chi connectivity index (χ1n) is 9.50. The molecule has 1 aliphatic rings. The minimum absolute atomic E-state index is 0.00462. The Morgan fingerprint density at radius 2 is 1.77 bits per heavy atom. The van der Waals surface area contributed by atoms with Crippen LogP contribution in [-0.2, 0) is 11.2 Å². The molecule has 1 amide bonds. The number of likely N-dealkylation sites (N-methyl/N-ethyl adjacent to an activating group) is 1. The van der Waals surface area contributed by atoms with Crippen LogP contribution < -0.4 is 4.90 Å². The number of hydrogen-bond acceptors (Lipinski definition) is 2. The maximum atomic E-state index is 13.5. The van der Waals surface area contributed by atoms with Crippen LogP contribution in [0.2, 0.25) is 0 Å². The summed E-state index contributed by atoms with van der Waals surface area (Å²) < 4.78 is 13.5. The van der Waals surface area contributed by atoms with Crippen molar-refractivity contribution in [3.05, 3.63) is 106 Å². The number of carbonyl (C=O) groups excluding carboxylic acids is 2. The third-order valence-electron chi connectivity index (χ3n) is 4.91. The quantitative estimate of drug-likeness (QED) is 0.359. The first kappa shape index (κ1) is 19.4. The summed E-state index contributed by atoms with van der Waals surface area (Å²) in [5, 5.41) is 0. The standard InChI is InChI=1S/C26H18FNO2/c1-28-24-14-13-19(10-5-9-18-7-3-2-4-8-18)16-22(24)25(29)23(26(28)30)17-20-11-6-12-21(27)15-20/h2-4,6-8,11-17H,9H2,1H3/b23-17+. The maximum absolute atomic E-state index is 13.5. The summed E-state index contributed by atoms with van der Waals surface area (Å²) in [6.07, 6.45) is 2.04. The van der Waals surface area contributed by atoms with E-state index in [9.17, 15) is 14.0 Å². The second-order valence-electron chi connectivity index (χ2n) is 7.00. The van der Waals surface area contributed by atoms with Crippen LogP contribution in [0.4, 0.5) is 10.1 Å². The molecule has 3 aromatic carbocycles. The van der Waals surface area contributed by atoms with Gasteiger partial charge in [-0.3, -0.25) is 9.59 Å². The highest BCUT2D eigenvalue weighted by molar-refractivity contribution is 6.36. The highest BCUT2D eigenvalue weighted by Crippen LogP contribution is 2.31. The van der Waals surface area contributed by atoms with Gasteiger partial charge in [0.1, 0.15) is 5.82 Å². The Balaban J connectivity index is 1.67. The molecule has 0 saturated heterocycles. The van der Waals surface area contributed by atoms with Gasteiger partial charge in [-0.15, -0.1) is 0 Å². The predicted molar refractivity (Wildman–Crippen MR) is 116 cm³/mol. The number of anilines is 1. The average molecular weight is 395 g/mol. The Morgan fingerprint density at radius 3 is 2.53 bits per heavy atom. The minimum atomic E-state index is -0.426. The van der Waals surface area contributed by atoms with Crippen LogP contribution in [0.3, 0.4) is 0 Å². The SMILES string of the molecule is CN1C(=O)/C(=C/c2cccc(F)c2)C(=O)c2cc(C#CCc3ccccc3)ccc21. The Labute approximate surface area is 174 Å². The molecule has 0 fully saturated rings. The van der Waals surface area contributed by atoms with Crippen molar-refractivity contribution in [1.29, 1.82) is 0 Å². The summed E-state index contributed by atoms with van der Waals surface area (Å²) in [5.74, 6) is 4.98. The van der Waals surface area contributed by atoms with Gasteiger partial charge in [0.25, 0.3) is 5.91 Å². The first-order chi connectivity index (χ1) is 14.5. The molecule has 0 saturated carbocycles. The lowest BCUT2D eigenvalue weighted by Gasteiger charge is -2.26. The molecule has 0 radical (unpaired) electrons. The summed E-state index contributed by atoms with van der Waals surface area (Å²) in [6, 6.07) is 20.9. The Bertz CT molecular complexity index is 1230. The van der Waals surface area contributed by atoms with Crippen molar-refractivity contribution in [2.45, 2.75) is 6.42 Å². The van der Waals surface area contributed by atoms with Gasteiger partial charge in [0.05, 0.1) is 11.3 Å². The summed E-state index contributed by atoms with van der Waals surface area (Å²) in [6.45, 7) is 0. The van der Waals surface area contributed by atoms with Gasteiger partial charge in [0.2, 0.25) is 5.78 Å². The van der Waals surface area contributed by atoms with E-state index in [1.54, 1.807) is 31.3 Å².